The monoisotopic (exact) mass is 384 g/mol. The maximum Gasteiger partial charge on any atom is 0.426 e. The fourth-order valence-corrected chi connectivity index (χ4v) is 2.74. The van der Waals surface area contributed by atoms with Crippen LogP contribution >= 0.6 is 0 Å². The summed E-state index contributed by atoms with van der Waals surface area (Å²) >= 11 is 0. The van der Waals surface area contributed by atoms with Crippen molar-refractivity contribution in [1.29, 1.82) is 0 Å². The topological polar surface area (TPSA) is 18.5 Å². The van der Waals surface area contributed by atoms with Crippen molar-refractivity contribution in [1.82, 2.24) is 0 Å². The quantitative estimate of drug-likeness (QED) is 0.422. The van der Waals surface area contributed by atoms with Crippen molar-refractivity contribution >= 4 is 16.8 Å². The third-order valence-corrected chi connectivity index (χ3v) is 4.08. The van der Waals surface area contributed by atoms with E-state index < -0.39 is 11.9 Å². The zero-order valence-electron chi connectivity index (χ0n) is 15.3. The Labute approximate surface area is 161 Å². The third kappa shape index (κ3) is 4.36. The standard InChI is InChI=1S/C23H19F3O2/c1-3-5-17-13-16-6-9-21(14-18(16)15-22(17)24)28-23(25,26)19-7-10-20(11-8-19)27-12-4-2/h3-11,13-15H,2,12H2,1H3/b5-3+. The molecule has 0 N–H and O–H groups in total. The van der Waals surface area contributed by atoms with Crippen LogP contribution in [0.25, 0.3) is 16.8 Å². The van der Waals surface area contributed by atoms with Gasteiger partial charge in [0.1, 0.15) is 23.9 Å². The highest BCUT2D eigenvalue weighted by Crippen LogP contribution is 2.34. The van der Waals surface area contributed by atoms with E-state index in [9.17, 15) is 13.2 Å². The highest BCUT2D eigenvalue weighted by atomic mass is 19.3. The second-order valence-electron chi connectivity index (χ2n) is 6.13. The summed E-state index contributed by atoms with van der Waals surface area (Å²) in [5.74, 6) is -0.0233. The fraction of sp³-hybridized carbons (Fsp3) is 0.130. The second kappa shape index (κ2) is 8.21. The molecule has 5 heteroatoms. The first kappa shape index (κ1) is 19.5. The molecule has 3 aromatic carbocycles. The maximum atomic E-state index is 14.5. The zero-order valence-corrected chi connectivity index (χ0v) is 15.3. The first-order chi connectivity index (χ1) is 13.4. The van der Waals surface area contributed by atoms with Gasteiger partial charge in [0, 0.05) is 5.56 Å². The van der Waals surface area contributed by atoms with E-state index in [1.165, 1.54) is 42.5 Å². The Balaban J connectivity index is 1.83. The van der Waals surface area contributed by atoms with Gasteiger partial charge in [-0.05, 0) is 66.2 Å². The number of fused-ring (bicyclic) bond motifs is 1. The molecule has 28 heavy (non-hydrogen) atoms. The molecule has 144 valence electrons. The number of rotatable bonds is 7. The molecular formula is C23H19F3O2. The molecule has 0 amide bonds. The minimum Gasteiger partial charge on any atom is -0.490 e. The summed E-state index contributed by atoms with van der Waals surface area (Å²) in [5, 5.41) is 1.21. The normalized spacial score (nSPS) is 11.7. The molecule has 0 bridgehead atoms. The van der Waals surface area contributed by atoms with Gasteiger partial charge in [-0.25, -0.2) is 4.39 Å². The molecule has 0 aliphatic rings. The number of allylic oxidation sites excluding steroid dienone is 1. The smallest absolute Gasteiger partial charge is 0.426 e. The summed E-state index contributed by atoms with van der Waals surface area (Å²) in [4.78, 5) is 0. The summed E-state index contributed by atoms with van der Waals surface area (Å²) < 4.78 is 53.3. The molecule has 0 unspecified atom stereocenters. The number of alkyl halides is 2. The Morgan fingerprint density at radius 3 is 2.36 bits per heavy atom. The summed E-state index contributed by atoms with van der Waals surface area (Å²) in [7, 11) is 0. The third-order valence-electron chi connectivity index (χ3n) is 4.08. The van der Waals surface area contributed by atoms with Gasteiger partial charge in [-0.1, -0.05) is 30.9 Å². The zero-order chi connectivity index (χ0) is 20.1. The largest absolute Gasteiger partial charge is 0.490 e. The van der Waals surface area contributed by atoms with Gasteiger partial charge in [-0.15, -0.1) is 0 Å². The highest BCUT2D eigenvalue weighted by molar-refractivity contribution is 5.86. The van der Waals surface area contributed by atoms with E-state index >= 15 is 0 Å². The lowest BCUT2D eigenvalue weighted by Crippen LogP contribution is -2.21. The van der Waals surface area contributed by atoms with Crippen LogP contribution in [0.5, 0.6) is 11.5 Å². The van der Waals surface area contributed by atoms with Gasteiger partial charge < -0.3 is 9.47 Å². The predicted octanol–water partition coefficient (Wildman–Crippen LogP) is 6.71. The molecule has 0 saturated heterocycles. The molecule has 0 radical (unpaired) electrons. The van der Waals surface area contributed by atoms with Gasteiger partial charge in [0.25, 0.3) is 0 Å². The van der Waals surface area contributed by atoms with Crippen molar-refractivity contribution in [3.63, 3.8) is 0 Å². The number of benzene rings is 3. The van der Waals surface area contributed by atoms with Crippen molar-refractivity contribution < 1.29 is 22.6 Å². The number of hydrogen-bond donors (Lipinski definition) is 0. The van der Waals surface area contributed by atoms with Crippen molar-refractivity contribution in [2.45, 2.75) is 13.0 Å². The van der Waals surface area contributed by atoms with E-state index in [0.717, 1.165) is 5.39 Å². The molecule has 3 aromatic rings. The van der Waals surface area contributed by atoms with Crippen LogP contribution in [-0.4, -0.2) is 6.61 Å². The van der Waals surface area contributed by atoms with Crippen molar-refractivity contribution in [2.75, 3.05) is 6.61 Å². The van der Waals surface area contributed by atoms with E-state index in [2.05, 4.69) is 6.58 Å². The lowest BCUT2D eigenvalue weighted by molar-refractivity contribution is -0.185. The van der Waals surface area contributed by atoms with Gasteiger partial charge in [-0.3, -0.25) is 0 Å². The minimum atomic E-state index is -3.55. The SMILES string of the molecule is C=CCOc1ccc(C(F)(F)Oc2ccc3cc(/C=C/C)c(F)cc3c2)cc1. The van der Waals surface area contributed by atoms with E-state index in [0.29, 0.717) is 16.7 Å². The summed E-state index contributed by atoms with van der Waals surface area (Å²) in [6, 6.07) is 12.8. The molecule has 0 fully saturated rings. The maximum absolute atomic E-state index is 14.5. The van der Waals surface area contributed by atoms with E-state index in [1.807, 2.05) is 0 Å². The minimum absolute atomic E-state index is 0.0531. The first-order valence-electron chi connectivity index (χ1n) is 8.70. The van der Waals surface area contributed by atoms with Crippen LogP contribution in [0.15, 0.2) is 73.3 Å². The highest BCUT2D eigenvalue weighted by Gasteiger charge is 2.34. The molecule has 0 aliphatic carbocycles. The first-order valence-corrected chi connectivity index (χ1v) is 8.70. The van der Waals surface area contributed by atoms with Crippen LogP contribution in [0.2, 0.25) is 0 Å². The lowest BCUT2D eigenvalue weighted by atomic mass is 10.1. The number of halogens is 3. The number of hydrogen-bond acceptors (Lipinski definition) is 2. The molecule has 3 rings (SSSR count). The van der Waals surface area contributed by atoms with Crippen LogP contribution in [0.3, 0.4) is 0 Å². The van der Waals surface area contributed by atoms with Crippen molar-refractivity contribution in [3.05, 3.63) is 90.3 Å². The van der Waals surface area contributed by atoms with Crippen LogP contribution in [0.4, 0.5) is 13.2 Å². The molecule has 2 nitrogen and oxygen atoms in total. The summed E-state index contributed by atoms with van der Waals surface area (Å²) in [6.07, 6.45) is 1.40. The van der Waals surface area contributed by atoms with E-state index in [-0.39, 0.29) is 17.9 Å². The van der Waals surface area contributed by atoms with Gasteiger partial charge in [0.2, 0.25) is 0 Å². The second-order valence-corrected chi connectivity index (χ2v) is 6.13. The van der Waals surface area contributed by atoms with Crippen LogP contribution in [0.1, 0.15) is 18.1 Å². The Kier molecular flexibility index (Phi) is 5.73. The Bertz CT molecular complexity index is 1010. The van der Waals surface area contributed by atoms with Gasteiger partial charge in [0.15, 0.2) is 0 Å². The molecule has 0 atom stereocenters. The Morgan fingerprint density at radius 1 is 0.964 bits per heavy atom. The van der Waals surface area contributed by atoms with E-state index in [4.69, 9.17) is 9.47 Å². The Hall–Kier alpha value is -3.21. The lowest BCUT2D eigenvalue weighted by Gasteiger charge is -2.19. The van der Waals surface area contributed by atoms with Gasteiger partial charge in [-0.2, -0.15) is 8.78 Å². The average molecular weight is 384 g/mol. The van der Waals surface area contributed by atoms with Gasteiger partial charge >= 0.3 is 6.11 Å². The van der Waals surface area contributed by atoms with Crippen molar-refractivity contribution in [2.24, 2.45) is 0 Å². The average Bonchev–Trinajstić information content (AvgIpc) is 2.67. The Morgan fingerprint density at radius 2 is 1.68 bits per heavy atom. The van der Waals surface area contributed by atoms with Crippen molar-refractivity contribution in [3.8, 4) is 11.5 Å². The summed E-state index contributed by atoms with van der Waals surface area (Å²) in [5.41, 5.74) is 0.126. The fourth-order valence-electron chi connectivity index (χ4n) is 2.74. The van der Waals surface area contributed by atoms with Gasteiger partial charge in [0.05, 0.1) is 5.56 Å². The van der Waals surface area contributed by atoms with E-state index in [1.54, 1.807) is 37.3 Å². The molecule has 0 aliphatic heterocycles. The number of ether oxygens (including phenoxy) is 2. The molecule has 0 aromatic heterocycles. The summed E-state index contributed by atoms with van der Waals surface area (Å²) in [6.45, 7) is 5.61. The molecule has 0 heterocycles. The molecule has 0 spiro atoms. The molecular weight excluding hydrogens is 365 g/mol. The predicted molar refractivity (Wildman–Crippen MR) is 105 cm³/mol. The van der Waals surface area contributed by atoms with Crippen LogP contribution in [-0.2, 0) is 6.11 Å². The van der Waals surface area contributed by atoms with Crippen LogP contribution < -0.4 is 9.47 Å². The molecule has 0 saturated carbocycles. The van der Waals surface area contributed by atoms with Crippen LogP contribution in [0, 0.1) is 5.82 Å².